The minimum atomic E-state index is -0.432. The molecule has 1 aliphatic heterocycles. The van der Waals surface area contributed by atoms with Gasteiger partial charge in [-0.3, -0.25) is 14.9 Å². The van der Waals surface area contributed by atoms with E-state index in [1.165, 1.54) is 12.1 Å². The summed E-state index contributed by atoms with van der Waals surface area (Å²) in [5, 5.41) is 16.5. The zero-order chi connectivity index (χ0) is 15.1. The number of nitro groups is 1. The van der Waals surface area contributed by atoms with E-state index in [0.717, 1.165) is 18.4 Å². The maximum absolute atomic E-state index is 11.7. The highest BCUT2D eigenvalue weighted by molar-refractivity contribution is 5.78. The van der Waals surface area contributed by atoms with Crippen molar-refractivity contribution in [2.45, 2.75) is 25.4 Å². The molecule has 7 heteroatoms. The van der Waals surface area contributed by atoms with Gasteiger partial charge in [0, 0.05) is 37.9 Å². The summed E-state index contributed by atoms with van der Waals surface area (Å²) in [5.41, 5.74) is 0.968. The number of rotatable bonds is 6. The largest absolute Gasteiger partial charge is 0.381 e. The van der Waals surface area contributed by atoms with E-state index in [-0.39, 0.29) is 24.2 Å². The monoisotopic (exact) mass is 293 g/mol. The maximum atomic E-state index is 11.7. The van der Waals surface area contributed by atoms with Gasteiger partial charge >= 0.3 is 0 Å². The fourth-order valence-electron chi connectivity index (χ4n) is 2.18. The minimum Gasteiger partial charge on any atom is -0.381 e. The SMILES string of the molecule is O=C(CNCc1ccc([N+](=O)[O-])cc1)NC1CCOCC1. The van der Waals surface area contributed by atoms with Crippen molar-refractivity contribution in [3.05, 3.63) is 39.9 Å². The second kappa shape index (κ2) is 7.70. The molecule has 0 atom stereocenters. The highest BCUT2D eigenvalue weighted by Crippen LogP contribution is 2.11. The lowest BCUT2D eigenvalue weighted by atomic mass is 10.1. The molecule has 114 valence electrons. The second-order valence-corrected chi connectivity index (χ2v) is 4.98. The molecule has 0 spiro atoms. The minimum absolute atomic E-state index is 0.0381. The van der Waals surface area contributed by atoms with E-state index in [9.17, 15) is 14.9 Å². The Morgan fingerprint density at radius 3 is 2.57 bits per heavy atom. The number of benzene rings is 1. The van der Waals surface area contributed by atoms with Crippen molar-refractivity contribution in [3.8, 4) is 0 Å². The van der Waals surface area contributed by atoms with Crippen molar-refractivity contribution in [1.29, 1.82) is 0 Å². The first-order valence-electron chi connectivity index (χ1n) is 6.96. The van der Waals surface area contributed by atoms with E-state index in [4.69, 9.17) is 4.74 Å². The summed E-state index contributed by atoms with van der Waals surface area (Å²) in [4.78, 5) is 21.8. The molecule has 2 rings (SSSR count). The number of carbonyl (C=O) groups excluding carboxylic acids is 1. The molecule has 1 amide bonds. The predicted molar refractivity (Wildman–Crippen MR) is 76.8 cm³/mol. The molecule has 0 unspecified atom stereocenters. The average molecular weight is 293 g/mol. The van der Waals surface area contributed by atoms with Crippen LogP contribution in [0.15, 0.2) is 24.3 Å². The van der Waals surface area contributed by atoms with Gasteiger partial charge in [-0.05, 0) is 18.4 Å². The molecule has 1 aromatic carbocycles. The molecule has 2 N–H and O–H groups in total. The lowest BCUT2D eigenvalue weighted by Crippen LogP contribution is -2.42. The third-order valence-electron chi connectivity index (χ3n) is 3.35. The van der Waals surface area contributed by atoms with Crippen LogP contribution in [-0.2, 0) is 16.1 Å². The molecule has 0 aliphatic carbocycles. The van der Waals surface area contributed by atoms with Gasteiger partial charge < -0.3 is 15.4 Å². The fraction of sp³-hybridized carbons (Fsp3) is 0.500. The normalized spacial score (nSPS) is 15.6. The van der Waals surface area contributed by atoms with Gasteiger partial charge in [-0.2, -0.15) is 0 Å². The summed E-state index contributed by atoms with van der Waals surface area (Å²) in [6, 6.07) is 6.48. The Labute approximate surface area is 122 Å². The number of nitrogens with zero attached hydrogens (tertiary/aromatic N) is 1. The molecule has 1 saturated heterocycles. The van der Waals surface area contributed by atoms with E-state index in [1.807, 2.05) is 0 Å². The molecule has 1 aromatic rings. The Hall–Kier alpha value is -1.99. The van der Waals surface area contributed by atoms with Crippen molar-refractivity contribution in [2.24, 2.45) is 0 Å². The first-order chi connectivity index (χ1) is 10.1. The van der Waals surface area contributed by atoms with Crippen LogP contribution in [0.1, 0.15) is 18.4 Å². The molecule has 7 nitrogen and oxygen atoms in total. The van der Waals surface area contributed by atoms with E-state index in [1.54, 1.807) is 12.1 Å². The Kier molecular flexibility index (Phi) is 5.65. The number of non-ortho nitro benzene ring substituents is 1. The third kappa shape index (κ3) is 5.13. The van der Waals surface area contributed by atoms with Gasteiger partial charge in [0.25, 0.3) is 5.69 Å². The second-order valence-electron chi connectivity index (χ2n) is 4.98. The van der Waals surface area contributed by atoms with Crippen LogP contribution in [0, 0.1) is 10.1 Å². The summed E-state index contributed by atoms with van der Waals surface area (Å²) in [6.07, 6.45) is 1.71. The molecule has 0 radical (unpaired) electrons. The molecule has 1 heterocycles. The Morgan fingerprint density at radius 2 is 1.95 bits per heavy atom. The summed E-state index contributed by atoms with van der Waals surface area (Å²) < 4.78 is 5.23. The summed E-state index contributed by atoms with van der Waals surface area (Å²) in [7, 11) is 0. The fourth-order valence-corrected chi connectivity index (χ4v) is 2.18. The van der Waals surface area contributed by atoms with Crippen LogP contribution < -0.4 is 10.6 Å². The van der Waals surface area contributed by atoms with Crippen LogP contribution in [0.3, 0.4) is 0 Å². The number of hydrogen-bond acceptors (Lipinski definition) is 5. The van der Waals surface area contributed by atoms with Crippen molar-refractivity contribution in [2.75, 3.05) is 19.8 Å². The van der Waals surface area contributed by atoms with Crippen LogP contribution in [0.5, 0.6) is 0 Å². The van der Waals surface area contributed by atoms with Gasteiger partial charge in [0.05, 0.1) is 11.5 Å². The van der Waals surface area contributed by atoms with Crippen LogP contribution in [0.4, 0.5) is 5.69 Å². The molecular weight excluding hydrogens is 274 g/mol. The van der Waals surface area contributed by atoms with E-state index < -0.39 is 4.92 Å². The summed E-state index contributed by atoms with van der Waals surface area (Å²) >= 11 is 0. The van der Waals surface area contributed by atoms with Gasteiger partial charge in [-0.1, -0.05) is 12.1 Å². The van der Waals surface area contributed by atoms with Gasteiger partial charge in [0.2, 0.25) is 5.91 Å². The van der Waals surface area contributed by atoms with E-state index >= 15 is 0 Å². The summed E-state index contributed by atoms with van der Waals surface area (Å²) in [6.45, 7) is 2.12. The first-order valence-corrected chi connectivity index (χ1v) is 6.96. The molecular formula is C14H19N3O4. The van der Waals surface area contributed by atoms with Crippen molar-refractivity contribution in [1.82, 2.24) is 10.6 Å². The van der Waals surface area contributed by atoms with Crippen molar-refractivity contribution >= 4 is 11.6 Å². The number of amides is 1. The first kappa shape index (κ1) is 15.4. The number of ether oxygens (including phenoxy) is 1. The van der Waals surface area contributed by atoms with Crippen LogP contribution in [-0.4, -0.2) is 36.6 Å². The lowest BCUT2D eigenvalue weighted by Gasteiger charge is -2.23. The van der Waals surface area contributed by atoms with Gasteiger partial charge in [-0.25, -0.2) is 0 Å². The Balaban J connectivity index is 1.68. The number of hydrogen-bond donors (Lipinski definition) is 2. The third-order valence-corrected chi connectivity index (χ3v) is 3.35. The number of nitro benzene ring substituents is 1. The highest BCUT2D eigenvalue weighted by atomic mass is 16.6. The van der Waals surface area contributed by atoms with Gasteiger partial charge in [0.15, 0.2) is 0 Å². The maximum Gasteiger partial charge on any atom is 0.269 e. The van der Waals surface area contributed by atoms with Crippen LogP contribution in [0.25, 0.3) is 0 Å². The van der Waals surface area contributed by atoms with Crippen molar-refractivity contribution < 1.29 is 14.5 Å². The molecule has 0 saturated carbocycles. The average Bonchev–Trinajstić information content (AvgIpc) is 2.49. The van der Waals surface area contributed by atoms with Crippen LogP contribution in [0.2, 0.25) is 0 Å². The topological polar surface area (TPSA) is 93.5 Å². The predicted octanol–water partition coefficient (Wildman–Crippen LogP) is 0.980. The van der Waals surface area contributed by atoms with E-state index in [0.29, 0.717) is 19.8 Å². The molecule has 0 bridgehead atoms. The standard InChI is InChI=1S/C14H19N3O4/c18-14(16-12-5-7-21-8-6-12)10-15-9-11-1-3-13(4-2-11)17(19)20/h1-4,12,15H,5-10H2,(H,16,18). The smallest absolute Gasteiger partial charge is 0.269 e. The Bertz CT molecular complexity index is 483. The van der Waals surface area contributed by atoms with Crippen LogP contribution >= 0.6 is 0 Å². The molecule has 1 fully saturated rings. The quantitative estimate of drug-likeness (QED) is 0.602. The van der Waals surface area contributed by atoms with Gasteiger partial charge in [-0.15, -0.1) is 0 Å². The molecule has 1 aliphatic rings. The van der Waals surface area contributed by atoms with Crippen molar-refractivity contribution in [3.63, 3.8) is 0 Å². The Morgan fingerprint density at radius 1 is 1.29 bits per heavy atom. The molecule has 0 aromatic heterocycles. The highest BCUT2D eigenvalue weighted by Gasteiger charge is 2.15. The lowest BCUT2D eigenvalue weighted by molar-refractivity contribution is -0.384. The summed E-state index contributed by atoms with van der Waals surface area (Å²) in [5.74, 6) is -0.0381. The number of carbonyl (C=O) groups is 1. The zero-order valence-corrected chi connectivity index (χ0v) is 11.7. The zero-order valence-electron chi connectivity index (χ0n) is 11.7. The molecule has 21 heavy (non-hydrogen) atoms. The van der Waals surface area contributed by atoms with Gasteiger partial charge in [0.1, 0.15) is 0 Å². The number of nitrogens with one attached hydrogen (secondary N) is 2. The van der Waals surface area contributed by atoms with E-state index in [2.05, 4.69) is 10.6 Å².